The lowest BCUT2D eigenvalue weighted by molar-refractivity contribution is 0.329. The van der Waals surface area contributed by atoms with E-state index in [1.165, 1.54) is 32.1 Å². The molecular formula is C15H28N6. The zero-order valence-corrected chi connectivity index (χ0v) is 13.5. The Balaban J connectivity index is 2.03. The molecule has 1 fully saturated rings. The highest BCUT2D eigenvalue weighted by Crippen LogP contribution is 2.28. The van der Waals surface area contributed by atoms with Crippen molar-refractivity contribution in [3.05, 3.63) is 0 Å². The largest absolute Gasteiger partial charge is 0.368 e. The van der Waals surface area contributed by atoms with E-state index in [-0.39, 0.29) is 5.95 Å². The molecule has 0 atom stereocenters. The van der Waals surface area contributed by atoms with Crippen LogP contribution < -0.4 is 16.0 Å². The second kappa shape index (κ2) is 7.43. The molecule has 6 heteroatoms. The number of nitrogen functional groups attached to an aromatic ring is 1. The molecule has 0 radical (unpaired) electrons. The summed E-state index contributed by atoms with van der Waals surface area (Å²) in [7, 11) is 0. The Hall–Kier alpha value is -1.59. The fraction of sp³-hybridized carbons (Fsp3) is 0.800. The minimum atomic E-state index is 0.289. The van der Waals surface area contributed by atoms with Crippen molar-refractivity contribution in [3.8, 4) is 0 Å². The molecular weight excluding hydrogens is 264 g/mol. The SMILES string of the molecule is CCC1CCC(Nc2nc(N)nc(N(CC)CC)n2)CC1. The van der Waals surface area contributed by atoms with Gasteiger partial charge < -0.3 is 16.0 Å². The lowest BCUT2D eigenvalue weighted by Gasteiger charge is -2.28. The van der Waals surface area contributed by atoms with Crippen molar-refractivity contribution in [3.63, 3.8) is 0 Å². The van der Waals surface area contributed by atoms with Gasteiger partial charge in [0.2, 0.25) is 17.8 Å². The van der Waals surface area contributed by atoms with Crippen LogP contribution in [0.25, 0.3) is 0 Å². The van der Waals surface area contributed by atoms with Gasteiger partial charge in [-0.25, -0.2) is 0 Å². The molecule has 3 N–H and O–H groups in total. The van der Waals surface area contributed by atoms with E-state index < -0.39 is 0 Å². The van der Waals surface area contributed by atoms with Crippen LogP contribution in [0.15, 0.2) is 0 Å². The van der Waals surface area contributed by atoms with Crippen LogP contribution in [0.5, 0.6) is 0 Å². The molecule has 1 aromatic rings. The van der Waals surface area contributed by atoms with Gasteiger partial charge in [-0.3, -0.25) is 0 Å². The fourth-order valence-corrected chi connectivity index (χ4v) is 2.99. The van der Waals surface area contributed by atoms with Crippen LogP contribution in [0.3, 0.4) is 0 Å². The quantitative estimate of drug-likeness (QED) is 0.839. The Morgan fingerprint density at radius 2 is 1.71 bits per heavy atom. The van der Waals surface area contributed by atoms with Crippen molar-refractivity contribution in [2.75, 3.05) is 29.0 Å². The Morgan fingerprint density at radius 1 is 1.05 bits per heavy atom. The molecule has 1 aliphatic carbocycles. The molecule has 0 amide bonds. The zero-order chi connectivity index (χ0) is 15.2. The second-order valence-electron chi connectivity index (χ2n) is 5.76. The lowest BCUT2D eigenvalue weighted by atomic mass is 9.85. The van der Waals surface area contributed by atoms with Crippen LogP contribution in [-0.4, -0.2) is 34.1 Å². The van der Waals surface area contributed by atoms with Gasteiger partial charge in [-0.15, -0.1) is 0 Å². The third kappa shape index (κ3) is 4.19. The van der Waals surface area contributed by atoms with Crippen molar-refractivity contribution in [1.82, 2.24) is 15.0 Å². The molecule has 0 aromatic carbocycles. The summed E-state index contributed by atoms with van der Waals surface area (Å²) in [6.07, 6.45) is 6.24. The van der Waals surface area contributed by atoms with E-state index >= 15 is 0 Å². The van der Waals surface area contributed by atoms with Crippen LogP contribution in [0.1, 0.15) is 52.9 Å². The molecule has 0 saturated heterocycles. The summed E-state index contributed by atoms with van der Waals surface area (Å²) in [6, 6.07) is 0.458. The molecule has 1 saturated carbocycles. The molecule has 0 aliphatic heterocycles. The normalized spacial score (nSPS) is 22.0. The number of aromatic nitrogens is 3. The van der Waals surface area contributed by atoms with Crippen molar-refractivity contribution < 1.29 is 0 Å². The lowest BCUT2D eigenvalue weighted by Crippen LogP contribution is -2.29. The number of hydrogen-bond donors (Lipinski definition) is 2. The molecule has 1 aromatic heterocycles. The fourth-order valence-electron chi connectivity index (χ4n) is 2.99. The maximum Gasteiger partial charge on any atom is 0.231 e. The zero-order valence-electron chi connectivity index (χ0n) is 13.5. The molecule has 6 nitrogen and oxygen atoms in total. The van der Waals surface area contributed by atoms with E-state index in [0.29, 0.717) is 17.9 Å². The summed E-state index contributed by atoms with van der Waals surface area (Å²) in [5, 5.41) is 3.44. The molecule has 0 unspecified atom stereocenters. The number of hydrogen-bond acceptors (Lipinski definition) is 6. The van der Waals surface area contributed by atoms with Crippen LogP contribution >= 0.6 is 0 Å². The van der Waals surface area contributed by atoms with Gasteiger partial charge in [-0.2, -0.15) is 15.0 Å². The van der Waals surface area contributed by atoms with Crippen molar-refractivity contribution >= 4 is 17.8 Å². The number of rotatable bonds is 6. The number of anilines is 3. The van der Waals surface area contributed by atoms with Crippen LogP contribution in [0.2, 0.25) is 0 Å². The minimum Gasteiger partial charge on any atom is -0.368 e. The Morgan fingerprint density at radius 3 is 2.29 bits per heavy atom. The van der Waals surface area contributed by atoms with Crippen LogP contribution in [0.4, 0.5) is 17.8 Å². The van der Waals surface area contributed by atoms with Crippen molar-refractivity contribution in [2.45, 2.75) is 58.9 Å². The van der Waals surface area contributed by atoms with Gasteiger partial charge in [-0.05, 0) is 45.4 Å². The van der Waals surface area contributed by atoms with Gasteiger partial charge in [0, 0.05) is 19.1 Å². The average molecular weight is 292 g/mol. The molecule has 21 heavy (non-hydrogen) atoms. The van der Waals surface area contributed by atoms with Crippen molar-refractivity contribution in [2.24, 2.45) is 5.92 Å². The first-order chi connectivity index (χ1) is 10.2. The summed E-state index contributed by atoms with van der Waals surface area (Å²) >= 11 is 0. The molecule has 1 heterocycles. The number of nitrogens with two attached hydrogens (primary N) is 1. The molecule has 118 valence electrons. The standard InChI is InChI=1S/C15H28N6/c1-4-11-7-9-12(10-8-11)17-14-18-13(16)19-15(20-14)21(5-2)6-3/h11-12H,4-10H2,1-3H3,(H3,16,17,18,19,20). The smallest absolute Gasteiger partial charge is 0.231 e. The summed E-state index contributed by atoms with van der Waals surface area (Å²) < 4.78 is 0. The topological polar surface area (TPSA) is 80.0 Å². The monoisotopic (exact) mass is 292 g/mol. The summed E-state index contributed by atoms with van der Waals surface area (Å²) in [5.74, 6) is 2.45. The Kier molecular flexibility index (Phi) is 5.59. The highest BCUT2D eigenvalue weighted by atomic mass is 15.3. The molecule has 0 bridgehead atoms. The van der Waals surface area contributed by atoms with Crippen LogP contribution in [-0.2, 0) is 0 Å². The molecule has 0 spiro atoms. The van der Waals surface area contributed by atoms with Gasteiger partial charge in [0.05, 0.1) is 0 Å². The number of nitrogens with one attached hydrogen (secondary N) is 1. The predicted octanol–water partition coefficient (Wildman–Crippen LogP) is 2.68. The summed E-state index contributed by atoms with van der Waals surface area (Å²) in [5.41, 5.74) is 5.83. The average Bonchev–Trinajstić information content (AvgIpc) is 2.49. The van der Waals surface area contributed by atoms with Crippen molar-refractivity contribution in [1.29, 1.82) is 0 Å². The maximum atomic E-state index is 5.83. The first kappa shape index (κ1) is 15.8. The maximum absolute atomic E-state index is 5.83. The predicted molar refractivity (Wildman–Crippen MR) is 87.5 cm³/mol. The molecule has 2 rings (SSSR count). The van der Waals surface area contributed by atoms with Gasteiger partial charge in [0.15, 0.2) is 0 Å². The van der Waals surface area contributed by atoms with Gasteiger partial charge >= 0.3 is 0 Å². The van der Waals surface area contributed by atoms with Gasteiger partial charge in [0.1, 0.15) is 0 Å². The first-order valence-electron chi connectivity index (χ1n) is 8.19. The Labute approximate surface area is 127 Å². The summed E-state index contributed by atoms with van der Waals surface area (Å²) in [4.78, 5) is 15.1. The highest BCUT2D eigenvalue weighted by Gasteiger charge is 2.21. The van der Waals surface area contributed by atoms with Crippen LogP contribution in [0, 0.1) is 5.92 Å². The Bertz CT molecular complexity index is 438. The second-order valence-corrected chi connectivity index (χ2v) is 5.76. The van der Waals surface area contributed by atoms with Gasteiger partial charge in [-0.1, -0.05) is 13.3 Å². The van der Waals surface area contributed by atoms with E-state index in [1.807, 2.05) is 0 Å². The summed E-state index contributed by atoms with van der Waals surface area (Å²) in [6.45, 7) is 8.18. The number of nitrogens with zero attached hydrogens (tertiary/aromatic N) is 4. The first-order valence-corrected chi connectivity index (χ1v) is 8.19. The van der Waals surface area contributed by atoms with Gasteiger partial charge in [0.25, 0.3) is 0 Å². The van der Waals surface area contributed by atoms with E-state index in [2.05, 4.69) is 45.9 Å². The minimum absolute atomic E-state index is 0.289. The van der Waals surface area contributed by atoms with E-state index in [4.69, 9.17) is 5.73 Å². The third-order valence-corrected chi connectivity index (χ3v) is 4.44. The van der Waals surface area contributed by atoms with E-state index in [0.717, 1.165) is 19.0 Å². The third-order valence-electron chi connectivity index (χ3n) is 4.44. The van der Waals surface area contributed by atoms with E-state index in [1.54, 1.807) is 0 Å². The molecule has 1 aliphatic rings. The van der Waals surface area contributed by atoms with E-state index in [9.17, 15) is 0 Å². The highest BCUT2D eigenvalue weighted by molar-refractivity contribution is 5.42.